The maximum absolute atomic E-state index is 12.4. The highest BCUT2D eigenvalue weighted by Crippen LogP contribution is 2.34. The van der Waals surface area contributed by atoms with Crippen LogP contribution in [0.4, 0.5) is 5.69 Å². The molecule has 2 rings (SSSR count). The van der Waals surface area contributed by atoms with E-state index in [0.717, 1.165) is 19.3 Å². The lowest BCUT2D eigenvalue weighted by Crippen LogP contribution is -2.37. The highest BCUT2D eigenvalue weighted by atomic mass is 79.9. The lowest BCUT2D eigenvalue weighted by Gasteiger charge is -2.21. The number of hydrogen-bond donors (Lipinski definition) is 2. The molecule has 3 atom stereocenters. The second-order valence-electron chi connectivity index (χ2n) is 5.52. The van der Waals surface area contributed by atoms with Crippen LogP contribution in [0.25, 0.3) is 0 Å². The maximum Gasteiger partial charge on any atom is 0.240 e. The summed E-state index contributed by atoms with van der Waals surface area (Å²) in [4.78, 5) is 0.227. The average Bonchev–Trinajstić information content (AvgIpc) is 2.73. The summed E-state index contributed by atoms with van der Waals surface area (Å²) >= 11 is 3.27. The zero-order valence-electron chi connectivity index (χ0n) is 11.8. The Morgan fingerprint density at radius 3 is 2.65 bits per heavy atom. The Kier molecular flexibility index (Phi) is 4.76. The molecule has 0 radical (unpaired) electrons. The molecule has 1 aromatic rings. The largest absolute Gasteiger partial charge is 0.398 e. The van der Waals surface area contributed by atoms with Gasteiger partial charge < -0.3 is 5.73 Å². The van der Waals surface area contributed by atoms with E-state index in [1.165, 1.54) is 6.07 Å². The Bertz CT molecular complexity index is 589. The molecule has 0 saturated heterocycles. The first-order valence-corrected chi connectivity index (χ1v) is 9.20. The summed E-state index contributed by atoms with van der Waals surface area (Å²) in [5, 5.41) is 0. The molecule has 4 nitrogen and oxygen atoms in total. The molecule has 6 heteroatoms. The summed E-state index contributed by atoms with van der Waals surface area (Å²) in [5.74, 6) is 0.986. The molecule has 0 aromatic heterocycles. The summed E-state index contributed by atoms with van der Waals surface area (Å²) in [6.07, 6.45) is 3.10. The second kappa shape index (κ2) is 6.03. The van der Waals surface area contributed by atoms with Crippen LogP contribution in [0.15, 0.2) is 27.6 Å². The molecule has 1 fully saturated rings. The molecule has 3 N–H and O–H groups in total. The lowest BCUT2D eigenvalue weighted by atomic mass is 9.94. The predicted molar refractivity (Wildman–Crippen MR) is 84.8 cm³/mol. The number of nitrogens with two attached hydrogens (primary N) is 1. The van der Waals surface area contributed by atoms with Crippen molar-refractivity contribution in [1.29, 1.82) is 0 Å². The van der Waals surface area contributed by atoms with Crippen LogP contribution in [0.3, 0.4) is 0 Å². The van der Waals surface area contributed by atoms with Gasteiger partial charge in [-0.15, -0.1) is 0 Å². The van der Waals surface area contributed by atoms with Gasteiger partial charge in [-0.3, -0.25) is 0 Å². The van der Waals surface area contributed by atoms with Crippen LogP contribution in [0.2, 0.25) is 0 Å². The first-order chi connectivity index (χ1) is 9.35. The van der Waals surface area contributed by atoms with Crippen molar-refractivity contribution in [2.45, 2.75) is 44.0 Å². The highest BCUT2D eigenvalue weighted by molar-refractivity contribution is 9.10. The van der Waals surface area contributed by atoms with Crippen LogP contribution in [-0.4, -0.2) is 14.5 Å². The van der Waals surface area contributed by atoms with Crippen molar-refractivity contribution in [3.05, 3.63) is 22.7 Å². The summed E-state index contributed by atoms with van der Waals surface area (Å²) in [7, 11) is -3.50. The molecule has 0 bridgehead atoms. The van der Waals surface area contributed by atoms with Crippen LogP contribution in [-0.2, 0) is 10.0 Å². The summed E-state index contributed by atoms with van der Waals surface area (Å²) in [5.41, 5.74) is 6.19. The molecule has 0 amide bonds. The van der Waals surface area contributed by atoms with Gasteiger partial charge >= 0.3 is 0 Å². The molecule has 3 unspecified atom stereocenters. The van der Waals surface area contributed by atoms with E-state index in [-0.39, 0.29) is 10.9 Å². The molecule has 1 aliphatic carbocycles. The third kappa shape index (κ3) is 3.18. The molecule has 0 aliphatic heterocycles. The van der Waals surface area contributed by atoms with Gasteiger partial charge in [0.25, 0.3) is 0 Å². The molecule has 0 spiro atoms. The minimum absolute atomic E-state index is 0.0230. The van der Waals surface area contributed by atoms with Crippen molar-refractivity contribution in [3.8, 4) is 0 Å². The number of sulfonamides is 1. The van der Waals surface area contributed by atoms with Crippen molar-refractivity contribution in [2.24, 2.45) is 11.8 Å². The zero-order chi connectivity index (χ0) is 14.9. The topological polar surface area (TPSA) is 72.2 Å². The van der Waals surface area contributed by atoms with Gasteiger partial charge in [0.2, 0.25) is 10.0 Å². The van der Waals surface area contributed by atoms with Crippen molar-refractivity contribution in [1.82, 2.24) is 4.72 Å². The van der Waals surface area contributed by atoms with E-state index in [4.69, 9.17) is 5.73 Å². The monoisotopic (exact) mass is 360 g/mol. The molecule has 20 heavy (non-hydrogen) atoms. The number of benzene rings is 1. The molecule has 1 saturated carbocycles. The smallest absolute Gasteiger partial charge is 0.240 e. The fraction of sp³-hybridized carbons (Fsp3) is 0.571. The third-order valence-corrected chi connectivity index (χ3v) is 6.55. The van der Waals surface area contributed by atoms with E-state index < -0.39 is 10.0 Å². The van der Waals surface area contributed by atoms with E-state index in [2.05, 4.69) is 34.5 Å². The highest BCUT2D eigenvalue weighted by Gasteiger charge is 2.34. The van der Waals surface area contributed by atoms with Crippen molar-refractivity contribution < 1.29 is 8.42 Å². The molecule has 0 heterocycles. The Labute approximate surface area is 129 Å². The van der Waals surface area contributed by atoms with Crippen LogP contribution in [0.1, 0.15) is 33.1 Å². The van der Waals surface area contributed by atoms with E-state index in [0.29, 0.717) is 22.0 Å². The third-order valence-electron chi connectivity index (χ3n) is 4.34. The SMILES string of the molecule is CCC1CCC(NS(=O)(=O)c2ccc(Br)c(N)c2)C1C. The van der Waals surface area contributed by atoms with Crippen molar-refractivity contribution >= 4 is 31.6 Å². The molecular formula is C14H21BrN2O2S. The molecule has 1 aliphatic rings. The molecule has 1 aromatic carbocycles. The number of halogens is 1. The lowest BCUT2D eigenvalue weighted by molar-refractivity contribution is 0.368. The predicted octanol–water partition coefficient (Wildman–Crippen LogP) is 3.13. The normalized spacial score (nSPS) is 26.9. The standard InChI is InChI=1S/C14H21BrN2O2S/c1-3-10-4-7-14(9(10)2)17-20(18,19)11-5-6-12(15)13(16)8-11/h5-6,8-10,14,17H,3-4,7,16H2,1-2H3. The quantitative estimate of drug-likeness (QED) is 0.810. The summed E-state index contributed by atoms with van der Waals surface area (Å²) < 4.78 is 28.4. The van der Waals surface area contributed by atoms with E-state index in [9.17, 15) is 8.42 Å². The van der Waals surface area contributed by atoms with Crippen LogP contribution in [0.5, 0.6) is 0 Å². The number of hydrogen-bond acceptors (Lipinski definition) is 3. The van der Waals surface area contributed by atoms with Gasteiger partial charge in [0.05, 0.1) is 4.90 Å². The van der Waals surface area contributed by atoms with Gasteiger partial charge in [-0.2, -0.15) is 0 Å². The van der Waals surface area contributed by atoms with Crippen LogP contribution in [0, 0.1) is 11.8 Å². The Balaban J connectivity index is 2.17. The Morgan fingerprint density at radius 2 is 2.10 bits per heavy atom. The minimum Gasteiger partial charge on any atom is -0.398 e. The Hall–Kier alpha value is -0.590. The zero-order valence-corrected chi connectivity index (χ0v) is 14.2. The van der Waals surface area contributed by atoms with Crippen LogP contribution >= 0.6 is 15.9 Å². The molecular weight excluding hydrogens is 340 g/mol. The fourth-order valence-corrected chi connectivity index (χ4v) is 4.59. The van der Waals surface area contributed by atoms with Gasteiger partial charge in [0.15, 0.2) is 0 Å². The van der Waals surface area contributed by atoms with E-state index >= 15 is 0 Å². The van der Waals surface area contributed by atoms with Crippen molar-refractivity contribution in [2.75, 3.05) is 5.73 Å². The van der Waals surface area contributed by atoms with Gasteiger partial charge in [-0.1, -0.05) is 20.3 Å². The number of anilines is 1. The van der Waals surface area contributed by atoms with Gasteiger partial charge in [-0.05, 0) is 58.8 Å². The van der Waals surface area contributed by atoms with Gasteiger partial charge in [0, 0.05) is 16.2 Å². The van der Waals surface area contributed by atoms with E-state index in [1.54, 1.807) is 12.1 Å². The Morgan fingerprint density at radius 1 is 1.40 bits per heavy atom. The maximum atomic E-state index is 12.4. The van der Waals surface area contributed by atoms with Crippen LogP contribution < -0.4 is 10.5 Å². The minimum atomic E-state index is -3.50. The van der Waals surface area contributed by atoms with Gasteiger partial charge in [0.1, 0.15) is 0 Å². The van der Waals surface area contributed by atoms with Gasteiger partial charge in [-0.25, -0.2) is 13.1 Å². The number of rotatable bonds is 4. The number of nitrogen functional groups attached to an aromatic ring is 1. The van der Waals surface area contributed by atoms with E-state index in [1.807, 2.05) is 0 Å². The summed E-state index contributed by atoms with van der Waals surface area (Å²) in [6.45, 7) is 4.29. The second-order valence-corrected chi connectivity index (χ2v) is 8.08. The first-order valence-electron chi connectivity index (χ1n) is 6.92. The van der Waals surface area contributed by atoms with Crippen molar-refractivity contribution in [3.63, 3.8) is 0 Å². The first kappa shape index (κ1) is 15.8. The average molecular weight is 361 g/mol. The number of nitrogens with one attached hydrogen (secondary N) is 1. The summed E-state index contributed by atoms with van der Waals surface area (Å²) in [6, 6.07) is 4.75. The molecule has 112 valence electrons. The fourth-order valence-electron chi connectivity index (χ4n) is 2.95.